The summed E-state index contributed by atoms with van der Waals surface area (Å²) in [5.74, 6) is 0.548. The van der Waals surface area contributed by atoms with Gasteiger partial charge in [-0.3, -0.25) is 0 Å². The molecule has 16 heavy (non-hydrogen) atoms. The molecule has 0 unspecified atom stereocenters. The average molecular weight is 250 g/mol. The van der Waals surface area contributed by atoms with Crippen LogP contribution in [0, 0.1) is 0 Å². The second-order valence-electron chi connectivity index (χ2n) is 4.36. The van der Waals surface area contributed by atoms with Gasteiger partial charge in [0.15, 0.2) is 0 Å². The molecule has 0 rings (SSSR count). The third kappa shape index (κ3) is 7.19. The van der Waals surface area contributed by atoms with E-state index in [2.05, 4.69) is 18.7 Å². The van der Waals surface area contributed by atoms with Crippen molar-refractivity contribution in [1.82, 2.24) is 4.90 Å². The summed E-state index contributed by atoms with van der Waals surface area (Å²) in [5, 5.41) is 0. The van der Waals surface area contributed by atoms with E-state index in [9.17, 15) is 8.42 Å². The third-order valence-electron chi connectivity index (χ3n) is 2.72. The quantitative estimate of drug-likeness (QED) is 0.659. The van der Waals surface area contributed by atoms with Gasteiger partial charge < -0.3 is 10.6 Å². The second kappa shape index (κ2) is 8.03. The number of sulfone groups is 1. The zero-order chi connectivity index (χ0) is 12.6. The van der Waals surface area contributed by atoms with Gasteiger partial charge in [-0.25, -0.2) is 8.42 Å². The standard InChI is InChI=1S/C11H26N2O2S/c1-4-16(14,15)10-6-9-13(11(2)3)8-5-7-12/h11H,4-10,12H2,1-3H3. The van der Waals surface area contributed by atoms with Gasteiger partial charge in [-0.15, -0.1) is 0 Å². The number of nitrogens with zero attached hydrogens (tertiary/aromatic N) is 1. The lowest BCUT2D eigenvalue weighted by atomic mass is 10.2. The molecule has 0 radical (unpaired) electrons. The molecule has 4 nitrogen and oxygen atoms in total. The molecule has 0 spiro atoms. The van der Waals surface area contributed by atoms with Gasteiger partial charge in [0.1, 0.15) is 9.84 Å². The van der Waals surface area contributed by atoms with Crippen LogP contribution in [0.1, 0.15) is 33.6 Å². The van der Waals surface area contributed by atoms with Gasteiger partial charge >= 0.3 is 0 Å². The Labute approximate surface area is 100 Å². The lowest BCUT2D eigenvalue weighted by Crippen LogP contribution is -2.34. The molecule has 0 fully saturated rings. The van der Waals surface area contributed by atoms with Gasteiger partial charge in [0.05, 0.1) is 5.75 Å². The first kappa shape index (κ1) is 15.9. The Bertz CT molecular complexity index is 263. The molecule has 0 amide bonds. The number of hydrogen-bond donors (Lipinski definition) is 1. The summed E-state index contributed by atoms with van der Waals surface area (Å²) in [6.45, 7) is 8.45. The Balaban J connectivity index is 3.94. The van der Waals surface area contributed by atoms with Crippen LogP contribution in [0.2, 0.25) is 0 Å². The van der Waals surface area contributed by atoms with Gasteiger partial charge in [0.2, 0.25) is 0 Å². The molecule has 0 aromatic heterocycles. The van der Waals surface area contributed by atoms with E-state index in [1.807, 2.05) is 0 Å². The van der Waals surface area contributed by atoms with E-state index < -0.39 is 9.84 Å². The SMILES string of the molecule is CCS(=O)(=O)CCCN(CCCN)C(C)C. The second-order valence-corrected chi connectivity index (χ2v) is 6.83. The van der Waals surface area contributed by atoms with E-state index in [0.717, 1.165) is 25.9 Å². The maximum Gasteiger partial charge on any atom is 0.150 e. The smallest absolute Gasteiger partial charge is 0.150 e. The molecule has 0 aliphatic heterocycles. The van der Waals surface area contributed by atoms with Crippen LogP contribution in [0.25, 0.3) is 0 Å². The lowest BCUT2D eigenvalue weighted by Gasteiger charge is -2.26. The fraction of sp³-hybridized carbons (Fsp3) is 1.00. The largest absolute Gasteiger partial charge is 0.330 e. The van der Waals surface area contributed by atoms with Crippen molar-refractivity contribution < 1.29 is 8.42 Å². The predicted octanol–water partition coefficient (Wildman–Crippen LogP) is 0.870. The highest BCUT2D eigenvalue weighted by atomic mass is 32.2. The zero-order valence-corrected chi connectivity index (χ0v) is 11.6. The van der Waals surface area contributed by atoms with Crippen molar-refractivity contribution in [3.05, 3.63) is 0 Å². The van der Waals surface area contributed by atoms with Crippen molar-refractivity contribution in [2.24, 2.45) is 5.73 Å². The Morgan fingerprint density at radius 1 is 1.19 bits per heavy atom. The molecule has 0 saturated carbocycles. The van der Waals surface area contributed by atoms with Crippen LogP contribution in [0.3, 0.4) is 0 Å². The molecule has 0 aromatic rings. The van der Waals surface area contributed by atoms with Crippen LogP contribution in [0.4, 0.5) is 0 Å². The number of nitrogens with two attached hydrogens (primary N) is 1. The predicted molar refractivity (Wildman–Crippen MR) is 69.3 cm³/mol. The summed E-state index contributed by atoms with van der Waals surface area (Å²) < 4.78 is 22.7. The Morgan fingerprint density at radius 3 is 2.19 bits per heavy atom. The lowest BCUT2D eigenvalue weighted by molar-refractivity contribution is 0.221. The fourth-order valence-corrected chi connectivity index (χ4v) is 2.41. The van der Waals surface area contributed by atoms with Gasteiger partial charge in [-0.05, 0) is 46.3 Å². The first-order chi connectivity index (χ1) is 7.43. The fourth-order valence-electron chi connectivity index (χ4n) is 1.55. The monoisotopic (exact) mass is 250 g/mol. The highest BCUT2D eigenvalue weighted by Gasteiger charge is 2.11. The summed E-state index contributed by atoms with van der Waals surface area (Å²) >= 11 is 0. The minimum absolute atomic E-state index is 0.247. The molecule has 2 N–H and O–H groups in total. The van der Waals surface area contributed by atoms with E-state index in [-0.39, 0.29) is 5.75 Å². The van der Waals surface area contributed by atoms with E-state index >= 15 is 0 Å². The Kier molecular flexibility index (Phi) is 7.97. The zero-order valence-electron chi connectivity index (χ0n) is 10.8. The van der Waals surface area contributed by atoms with Gasteiger partial charge in [0.25, 0.3) is 0 Å². The molecule has 0 atom stereocenters. The molecule has 0 aliphatic rings. The molecule has 0 aromatic carbocycles. The van der Waals surface area contributed by atoms with Gasteiger partial charge in [-0.2, -0.15) is 0 Å². The Morgan fingerprint density at radius 2 is 1.75 bits per heavy atom. The number of hydrogen-bond acceptors (Lipinski definition) is 4. The van der Waals surface area contributed by atoms with Gasteiger partial charge in [0, 0.05) is 11.8 Å². The molecule has 0 saturated heterocycles. The van der Waals surface area contributed by atoms with Crippen LogP contribution in [-0.2, 0) is 9.84 Å². The average Bonchev–Trinajstić information content (AvgIpc) is 2.22. The Hall–Kier alpha value is -0.130. The maximum atomic E-state index is 11.3. The number of rotatable bonds is 9. The summed E-state index contributed by atoms with van der Waals surface area (Å²) in [6.07, 6.45) is 1.69. The van der Waals surface area contributed by atoms with Crippen molar-refractivity contribution in [2.75, 3.05) is 31.1 Å². The summed E-state index contributed by atoms with van der Waals surface area (Å²) in [5.41, 5.74) is 5.47. The minimum Gasteiger partial charge on any atom is -0.330 e. The summed E-state index contributed by atoms with van der Waals surface area (Å²) in [7, 11) is -2.81. The molecule has 0 aliphatic carbocycles. The van der Waals surface area contributed by atoms with E-state index in [1.165, 1.54) is 0 Å². The summed E-state index contributed by atoms with van der Waals surface area (Å²) in [6, 6.07) is 0.455. The first-order valence-corrected chi connectivity index (χ1v) is 7.89. The molecular formula is C11H26N2O2S. The highest BCUT2D eigenvalue weighted by Crippen LogP contribution is 2.03. The van der Waals surface area contributed by atoms with Crippen molar-refractivity contribution in [2.45, 2.75) is 39.7 Å². The molecule has 0 bridgehead atoms. The van der Waals surface area contributed by atoms with Crippen LogP contribution >= 0.6 is 0 Å². The van der Waals surface area contributed by atoms with Crippen LogP contribution < -0.4 is 5.73 Å². The summed E-state index contributed by atoms with van der Waals surface area (Å²) in [4.78, 5) is 2.29. The molecular weight excluding hydrogens is 224 g/mol. The van der Waals surface area contributed by atoms with Crippen molar-refractivity contribution in [1.29, 1.82) is 0 Å². The first-order valence-electron chi connectivity index (χ1n) is 6.07. The van der Waals surface area contributed by atoms with Crippen LogP contribution in [0.15, 0.2) is 0 Å². The molecule has 98 valence electrons. The molecule has 0 heterocycles. The van der Waals surface area contributed by atoms with Crippen molar-refractivity contribution >= 4 is 9.84 Å². The van der Waals surface area contributed by atoms with Crippen LogP contribution in [-0.4, -0.2) is 50.5 Å². The third-order valence-corrected chi connectivity index (χ3v) is 4.51. The topological polar surface area (TPSA) is 63.4 Å². The van der Waals surface area contributed by atoms with E-state index in [1.54, 1.807) is 6.92 Å². The highest BCUT2D eigenvalue weighted by molar-refractivity contribution is 7.91. The van der Waals surface area contributed by atoms with Crippen molar-refractivity contribution in [3.63, 3.8) is 0 Å². The van der Waals surface area contributed by atoms with Crippen molar-refractivity contribution in [3.8, 4) is 0 Å². The van der Waals surface area contributed by atoms with Crippen LogP contribution in [0.5, 0.6) is 0 Å². The normalized spacial score (nSPS) is 12.6. The minimum atomic E-state index is -2.81. The maximum absolute atomic E-state index is 11.3. The van der Waals surface area contributed by atoms with E-state index in [4.69, 9.17) is 5.73 Å². The van der Waals surface area contributed by atoms with Gasteiger partial charge in [-0.1, -0.05) is 6.92 Å². The molecule has 5 heteroatoms. The van der Waals surface area contributed by atoms with E-state index in [0.29, 0.717) is 18.3 Å².